The summed E-state index contributed by atoms with van der Waals surface area (Å²) in [6.45, 7) is 1.94. The third-order valence-electron chi connectivity index (χ3n) is 3.21. The Labute approximate surface area is 132 Å². The second kappa shape index (κ2) is 7.48. The van der Waals surface area contributed by atoms with Crippen molar-refractivity contribution in [3.8, 4) is 5.75 Å². The lowest BCUT2D eigenvalue weighted by Gasteiger charge is -2.23. The van der Waals surface area contributed by atoms with Gasteiger partial charge in [0.15, 0.2) is 6.23 Å². The molecule has 2 atom stereocenters. The van der Waals surface area contributed by atoms with Crippen LogP contribution in [0.3, 0.4) is 0 Å². The van der Waals surface area contributed by atoms with E-state index in [0.29, 0.717) is 6.54 Å². The number of hydrogen-bond acceptors (Lipinski definition) is 3. The van der Waals surface area contributed by atoms with Crippen LogP contribution in [0.2, 0.25) is 0 Å². The van der Waals surface area contributed by atoms with E-state index in [2.05, 4.69) is 5.32 Å². The van der Waals surface area contributed by atoms with Crippen molar-refractivity contribution in [2.75, 3.05) is 0 Å². The number of benzene rings is 2. The number of aliphatic hydroxyl groups is 1. The summed E-state index contributed by atoms with van der Waals surface area (Å²) in [7, 11) is 0. The summed E-state index contributed by atoms with van der Waals surface area (Å²) in [6.07, 6.45) is -6.15. The molecule has 0 aliphatic carbocycles. The molecule has 0 aromatic heterocycles. The van der Waals surface area contributed by atoms with Gasteiger partial charge in [0.1, 0.15) is 11.9 Å². The maximum atomic E-state index is 12.7. The maximum absolute atomic E-state index is 12.7. The SMILES string of the molecule is CC(O)C(NCc1ccccc1)Oc1cccc(C(F)(F)F)c1. The Kier molecular flexibility index (Phi) is 5.63. The zero-order valence-corrected chi connectivity index (χ0v) is 12.5. The van der Waals surface area contributed by atoms with Crippen LogP contribution < -0.4 is 10.1 Å². The van der Waals surface area contributed by atoms with Crippen molar-refractivity contribution in [3.05, 3.63) is 65.7 Å². The Morgan fingerprint density at radius 2 is 1.78 bits per heavy atom. The Morgan fingerprint density at radius 3 is 2.39 bits per heavy atom. The second-order valence-electron chi connectivity index (χ2n) is 5.17. The van der Waals surface area contributed by atoms with Gasteiger partial charge in [-0.2, -0.15) is 13.2 Å². The van der Waals surface area contributed by atoms with E-state index in [4.69, 9.17) is 4.74 Å². The molecule has 23 heavy (non-hydrogen) atoms. The van der Waals surface area contributed by atoms with Gasteiger partial charge in [0.2, 0.25) is 0 Å². The monoisotopic (exact) mass is 325 g/mol. The number of halogens is 3. The number of nitrogens with one attached hydrogen (secondary N) is 1. The van der Waals surface area contributed by atoms with Crippen molar-refractivity contribution >= 4 is 0 Å². The van der Waals surface area contributed by atoms with Gasteiger partial charge in [-0.15, -0.1) is 0 Å². The predicted octanol–water partition coefficient (Wildman–Crippen LogP) is 3.58. The Hall–Kier alpha value is -2.05. The minimum Gasteiger partial charge on any atom is -0.473 e. The molecule has 0 aliphatic heterocycles. The fourth-order valence-electron chi connectivity index (χ4n) is 2.02. The Morgan fingerprint density at radius 1 is 1.09 bits per heavy atom. The van der Waals surface area contributed by atoms with Crippen molar-refractivity contribution in [2.45, 2.75) is 32.0 Å². The van der Waals surface area contributed by atoms with Crippen molar-refractivity contribution < 1.29 is 23.0 Å². The molecule has 0 aliphatic rings. The third-order valence-corrected chi connectivity index (χ3v) is 3.21. The summed E-state index contributed by atoms with van der Waals surface area (Å²) in [6, 6.07) is 14.0. The summed E-state index contributed by atoms with van der Waals surface area (Å²) < 4.78 is 43.6. The van der Waals surface area contributed by atoms with Crippen LogP contribution in [-0.4, -0.2) is 17.4 Å². The Bertz CT molecular complexity index is 615. The molecule has 0 radical (unpaired) electrons. The molecule has 124 valence electrons. The van der Waals surface area contributed by atoms with Gasteiger partial charge in [0.05, 0.1) is 5.56 Å². The minimum atomic E-state index is -4.43. The lowest BCUT2D eigenvalue weighted by Crippen LogP contribution is -2.42. The fourth-order valence-corrected chi connectivity index (χ4v) is 2.02. The highest BCUT2D eigenvalue weighted by molar-refractivity contribution is 5.30. The smallest absolute Gasteiger partial charge is 0.416 e. The van der Waals surface area contributed by atoms with Gasteiger partial charge in [0, 0.05) is 6.54 Å². The van der Waals surface area contributed by atoms with Crippen LogP contribution in [0.25, 0.3) is 0 Å². The van der Waals surface area contributed by atoms with Gasteiger partial charge in [-0.3, -0.25) is 5.32 Å². The van der Waals surface area contributed by atoms with Gasteiger partial charge < -0.3 is 9.84 Å². The van der Waals surface area contributed by atoms with Crippen LogP contribution >= 0.6 is 0 Å². The standard InChI is InChI=1S/C17H18F3NO2/c1-12(22)16(21-11-13-6-3-2-4-7-13)23-15-9-5-8-14(10-15)17(18,19)20/h2-10,12,16,21-22H,11H2,1H3. The first kappa shape index (κ1) is 17.3. The molecule has 2 aromatic rings. The highest BCUT2D eigenvalue weighted by Crippen LogP contribution is 2.31. The number of hydrogen-bond donors (Lipinski definition) is 2. The number of alkyl halides is 3. The second-order valence-corrected chi connectivity index (χ2v) is 5.17. The van der Waals surface area contributed by atoms with Crippen molar-refractivity contribution in [1.29, 1.82) is 0 Å². The number of rotatable bonds is 6. The minimum absolute atomic E-state index is 0.0475. The third kappa shape index (κ3) is 5.26. The van der Waals surface area contributed by atoms with E-state index >= 15 is 0 Å². The van der Waals surface area contributed by atoms with Gasteiger partial charge in [0.25, 0.3) is 0 Å². The topological polar surface area (TPSA) is 41.5 Å². The molecule has 3 nitrogen and oxygen atoms in total. The zero-order chi connectivity index (χ0) is 16.9. The molecule has 0 heterocycles. The highest BCUT2D eigenvalue weighted by atomic mass is 19.4. The van der Waals surface area contributed by atoms with E-state index in [9.17, 15) is 18.3 Å². The van der Waals surface area contributed by atoms with Gasteiger partial charge >= 0.3 is 6.18 Å². The first-order chi connectivity index (χ1) is 10.9. The van der Waals surface area contributed by atoms with Crippen LogP contribution in [0.1, 0.15) is 18.1 Å². The molecule has 2 N–H and O–H groups in total. The Balaban J connectivity index is 2.05. The zero-order valence-electron chi connectivity index (χ0n) is 12.5. The highest BCUT2D eigenvalue weighted by Gasteiger charge is 2.31. The summed E-state index contributed by atoms with van der Waals surface area (Å²) >= 11 is 0. The molecular weight excluding hydrogens is 307 g/mol. The van der Waals surface area contributed by atoms with E-state index in [0.717, 1.165) is 17.7 Å². The van der Waals surface area contributed by atoms with Crippen LogP contribution in [0.4, 0.5) is 13.2 Å². The molecule has 0 amide bonds. The fraction of sp³-hybridized carbons (Fsp3) is 0.294. The van der Waals surface area contributed by atoms with Crippen LogP contribution in [-0.2, 0) is 12.7 Å². The van der Waals surface area contributed by atoms with Gasteiger partial charge in [-0.25, -0.2) is 0 Å². The van der Waals surface area contributed by atoms with Crippen molar-refractivity contribution in [2.24, 2.45) is 0 Å². The molecule has 6 heteroatoms. The van der Waals surface area contributed by atoms with Gasteiger partial charge in [-0.05, 0) is 30.7 Å². The molecular formula is C17H18F3NO2. The average molecular weight is 325 g/mol. The molecule has 0 saturated carbocycles. The molecule has 0 fully saturated rings. The van der Waals surface area contributed by atoms with Gasteiger partial charge in [-0.1, -0.05) is 36.4 Å². The van der Waals surface area contributed by atoms with Crippen LogP contribution in [0.5, 0.6) is 5.75 Å². The first-order valence-corrected chi connectivity index (χ1v) is 7.15. The number of aliphatic hydroxyl groups excluding tert-OH is 1. The average Bonchev–Trinajstić information content (AvgIpc) is 2.51. The molecule has 2 rings (SSSR count). The first-order valence-electron chi connectivity index (χ1n) is 7.15. The van der Waals surface area contributed by atoms with E-state index < -0.39 is 24.1 Å². The van der Waals surface area contributed by atoms with E-state index in [1.807, 2.05) is 30.3 Å². The summed E-state index contributed by atoms with van der Waals surface area (Å²) in [5.74, 6) is 0.0475. The van der Waals surface area contributed by atoms with E-state index in [-0.39, 0.29) is 5.75 Å². The molecule has 0 bridgehead atoms. The summed E-state index contributed by atoms with van der Waals surface area (Å²) in [5, 5.41) is 12.8. The summed E-state index contributed by atoms with van der Waals surface area (Å²) in [5.41, 5.74) is 0.188. The quantitative estimate of drug-likeness (QED) is 0.798. The van der Waals surface area contributed by atoms with Crippen molar-refractivity contribution in [1.82, 2.24) is 5.32 Å². The molecule has 0 saturated heterocycles. The molecule has 2 aromatic carbocycles. The molecule has 0 spiro atoms. The predicted molar refractivity (Wildman–Crippen MR) is 80.8 cm³/mol. The lowest BCUT2D eigenvalue weighted by molar-refractivity contribution is -0.137. The largest absolute Gasteiger partial charge is 0.473 e. The number of ether oxygens (including phenoxy) is 1. The maximum Gasteiger partial charge on any atom is 0.416 e. The van der Waals surface area contributed by atoms with Crippen molar-refractivity contribution in [3.63, 3.8) is 0 Å². The summed E-state index contributed by atoms with van der Waals surface area (Å²) in [4.78, 5) is 0. The van der Waals surface area contributed by atoms with Crippen LogP contribution in [0, 0.1) is 0 Å². The van der Waals surface area contributed by atoms with E-state index in [1.165, 1.54) is 19.1 Å². The van der Waals surface area contributed by atoms with Crippen LogP contribution in [0.15, 0.2) is 54.6 Å². The van der Waals surface area contributed by atoms with E-state index in [1.54, 1.807) is 0 Å². The molecule has 2 unspecified atom stereocenters. The lowest BCUT2D eigenvalue weighted by atomic mass is 10.2. The normalized spacial score (nSPS) is 14.3.